The van der Waals surface area contributed by atoms with Crippen molar-refractivity contribution in [2.45, 2.75) is 51.0 Å². The number of esters is 1. The quantitative estimate of drug-likeness (QED) is 0.507. The summed E-state index contributed by atoms with van der Waals surface area (Å²) in [6, 6.07) is 0. The van der Waals surface area contributed by atoms with Crippen molar-refractivity contribution in [1.82, 2.24) is 15.5 Å². The van der Waals surface area contributed by atoms with E-state index >= 15 is 0 Å². The molecule has 1 aromatic rings. The highest BCUT2D eigenvalue weighted by molar-refractivity contribution is 6.33. The standard InChI is InChI=1S/C19H27ClN4O5/c1-28-17(26)19(6-2-3-7-19)8-4-9-21-18(27)29-13-5-10-24(12-13)14-11-22-23-16(25)15(14)20/h11,13H,2-10,12H2,1H3,(H,21,27)(H,23,25)/t13-/m1/s1. The third-order valence-electron chi connectivity index (χ3n) is 5.82. The first-order valence-electron chi connectivity index (χ1n) is 9.96. The maximum atomic E-state index is 12.1. The van der Waals surface area contributed by atoms with Crippen molar-refractivity contribution in [3.8, 4) is 0 Å². The predicted octanol–water partition coefficient (Wildman–Crippen LogP) is 2.24. The summed E-state index contributed by atoms with van der Waals surface area (Å²) < 4.78 is 10.4. The SMILES string of the molecule is COC(=O)C1(CCCNC(=O)O[C@@H]2CCN(c3cn[nH]c(=O)c3Cl)C2)CCCC1. The van der Waals surface area contributed by atoms with E-state index in [1.807, 2.05) is 4.90 Å². The Kier molecular flexibility index (Phi) is 7.00. The third kappa shape index (κ3) is 5.01. The molecular weight excluding hydrogens is 400 g/mol. The second-order valence-corrected chi connectivity index (χ2v) is 8.05. The zero-order valence-electron chi connectivity index (χ0n) is 16.5. The summed E-state index contributed by atoms with van der Waals surface area (Å²) in [5, 5.41) is 8.88. The van der Waals surface area contributed by atoms with Crippen molar-refractivity contribution in [1.29, 1.82) is 0 Å². The zero-order chi connectivity index (χ0) is 20.9. The van der Waals surface area contributed by atoms with Crippen LogP contribution in [0.2, 0.25) is 5.02 Å². The van der Waals surface area contributed by atoms with Crippen molar-refractivity contribution in [2.75, 3.05) is 31.6 Å². The lowest BCUT2D eigenvalue weighted by Gasteiger charge is -2.25. The van der Waals surface area contributed by atoms with Crippen molar-refractivity contribution >= 4 is 29.4 Å². The molecule has 160 valence electrons. The molecule has 0 bridgehead atoms. The van der Waals surface area contributed by atoms with E-state index in [0.717, 1.165) is 25.7 Å². The van der Waals surface area contributed by atoms with Gasteiger partial charge in [0.05, 0.1) is 31.0 Å². The molecule has 0 aromatic carbocycles. The van der Waals surface area contributed by atoms with Gasteiger partial charge in [0, 0.05) is 19.5 Å². The largest absolute Gasteiger partial charge is 0.469 e. The number of rotatable bonds is 7. The molecule has 0 unspecified atom stereocenters. The van der Waals surface area contributed by atoms with Crippen LogP contribution >= 0.6 is 11.6 Å². The molecule has 2 fully saturated rings. The van der Waals surface area contributed by atoms with Gasteiger partial charge in [0.1, 0.15) is 11.1 Å². The number of carbonyl (C=O) groups is 2. The van der Waals surface area contributed by atoms with Gasteiger partial charge in [-0.15, -0.1) is 0 Å². The number of aromatic nitrogens is 2. The maximum absolute atomic E-state index is 12.1. The number of H-pyrrole nitrogens is 1. The molecular formula is C19H27ClN4O5. The molecule has 1 aromatic heterocycles. The van der Waals surface area contributed by atoms with Crippen LogP contribution in [0.25, 0.3) is 0 Å². The summed E-state index contributed by atoms with van der Waals surface area (Å²) in [6.07, 6.45) is 6.52. The number of halogens is 1. The number of nitrogens with one attached hydrogen (secondary N) is 2. The minimum absolute atomic E-state index is 0.0801. The van der Waals surface area contributed by atoms with E-state index in [1.54, 1.807) is 0 Å². The lowest BCUT2D eigenvalue weighted by atomic mass is 9.81. The summed E-state index contributed by atoms with van der Waals surface area (Å²) in [5.74, 6) is -0.142. The molecule has 1 saturated carbocycles. The number of alkyl carbamates (subject to hydrolysis) is 1. The molecule has 10 heteroatoms. The second kappa shape index (κ2) is 9.47. The van der Waals surface area contributed by atoms with Gasteiger partial charge in [-0.05, 0) is 25.7 Å². The highest BCUT2D eigenvalue weighted by atomic mass is 35.5. The van der Waals surface area contributed by atoms with Gasteiger partial charge in [0.2, 0.25) is 0 Å². The summed E-state index contributed by atoms with van der Waals surface area (Å²) in [7, 11) is 1.43. The normalized spacial score (nSPS) is 20.5. The van der Waals surface area contributed by atoms with Crippen LogP contribution in [0.5, 0.6) is 0 Å². The number of amides is 1. The van der Waals surface area contributed by atoms with Gasteiger partial charge in [-0.3, -0.25) is 9.59 Å². The molecule has 1 aliphatic heterocycles. The van der Waals surface area contributed by atoms with E-state index < -0.39 is 17.1 Å². The van der Waals surface area contributed by atoms with Crippen molar-refractivity contribution in [2.24, 2.45) is 5.41 Å². The van der Waals surface area contributed by atoms with E-state index in [2.05, 4.69) is 15.5 Å². The van der Waals surface area contributed by atoms with Gasteiger partial charge in [-0.25, -0.2) is 9.89 Å². The van der Waals surface area contributed by atoms with Crippen LogP contribution < -0.4 is 15.8 Å². The van der Waals surface area contributed by atoms with Crippen molar-refractivity contribution < 1.29 is 19.1 Å². The van der Waals surface area contributed by atoms with Crippen LogP contribution in [-0.2, 0) is 14.3 Å². The number of hydrogen-bond acceptors (Lipinski definition) is 7. The average Bonchev–Trinajstić information content (AvgIpc) is 3.37. The Morgan fingerprint density at radius 1 is 1.41 bits per heavy atom. The minimum Gasteiger partial charge on any atom is -0.469 e. The Hall–Kier alpha value is -2.29. The Bertz CT molecular complexity index is 793. The van der Waals surface area contributed by atoms with Crippen molar-refractivity contribution in [3.05, 3.63) is 21.6 Å². The monoisotopic (exact) mass is 426 g/mol. The van der Waals surface area contributed by atoms with Gasteiger partial charge < -0.3 is 19.7 Å². The highest BCUT2D eigenvalue weighted by Gasteiger charge is 2.41. The number of carbonyl (C=O) groups excluding carboxylic acids is 2. The van der Waals surface area contributed by atoms with Gasteiger partial charge in [0.15, 0.2) is 0 Å². The van der Waals surface area contributed by atoms with Crippen LogP contribution in [0, 0.1) is 5.41 Å². The summed E-state index contributed by atoms with van der Waals surface area (Å²) >= 11 is 6.03. The summed E-state index contributed by atoms with van der Waals surface area (Å²) in [6.45, 7) is 1.51. The van der Waals surface area contributed by atoms with Crippen LogP contribution in [0.3, 0.4) is 0 Å². The predicted molar refractivity (Wildman–Crippen MR) is 107 cm³/mol. The summed E-state index contributed by atoms with van der Waals surface area (Å²) in [5.41, 5.74) is -0.308. The molecule has 0 radical (unpaired) electrons. The molecule has 3 rings (SSSR count). The molecule has 1 atom stereocenters. The van der Waals surface area contributed by atoms with Crippen LogP contribution in [0.15, 0.2) is 11.0 Å². The lowest BCUT2D eigenvalue weighted by Crippen LogP contribution is -2.33. The smallest absolute Gasteiger partial charge is 0.407 e. The molecule has 1 aliphatic carbocycles. The molecule has 9 nitrogen and oxygen atoms in total. The Labute approximate surface area is 174 Å². The maximum Gasteiger partial charge on any atom is 0.407 e. The fourth-order valence-electron chi connectivity index (χ4n) is 4.27. The van der Waals surface area contributed by atoms with E-state index in [4.69, 9.17) is 21.1 Å². The molecule has 29 heavy (non-hydrogen) atoms. The zero-order valence-corrected chi connectivity index (χ0v) is 17.3. The number of methoxy groups -OCH3 is 1. The molecule has 1 amide bonds. The Balaban J connectivity index is 1.41. The lowest BCUT2D eigenvalue weighted by molar-refractivity contribution is -0.153. The third-order valence-corrected chi connectivity index (χ3v) is 6.18. The first-order valence-corrected chi connectivity index (χ1v) is 10.3. The number of nitrogens with zero attached hydrogens (tertiary/aromatic N) is 2. The Morgan fingerprint density at radius 2 is 2.17 bits per heavy atom. The molecule has 2 N–H and O–H groups in total. The van der Waals surface area contributed by atoms with E-state index in [0.29, 0.717) is 44.6 Å². The number of hydrogen-bond donors (Lipinski definition) is 2. The van der Waals surface area contributed by atoms with Gasteiger partial charge >= 0.3 is 12.1 Å². The molecule has 0 spiro atoms. The number of ether oxygens (including phenoxy) is 2. The van der Waals surface area contributed by atoms with Gasteiger partial charge in [0.25, 0.3) is 5.56 Å². The fraction of sp³-hybridized carbons (Fsp3) is 0.684. The van der Waals surface area contributed by atoms with Gasteiger partial charge in [-0.1, -0.05) is 24.4 Å². The van der Waals surface area contributed by atoms with Crippen molar-refractivity contribution in [3.63, 3.8) is 0 Å². The van der Waals surface area contributed by atoms with Crippen LogP contribution in [0.4, 0.5) is 10.5 Å². The minimum atomic E-state index is -0.481. The fourth-order valence-corrected chi connectivity index (χ4v) is 4.48. The van der Waals surface area contributed by atoms with E-state index in [9.17, 15) is 14.4 Å². The van der Waals surface area contributed by atoms with E-state index in [-0.39, 0.29) is 17.1 Å². The second-order valence-electron chi connectivity index (χ2n) is 7.67. The highest BCUT2D eigenvalue weighted by Crippen LogP contribution is 2.42. The van der Waals surface area contributed by atoms with Crippen LogP contribution in [-0.4, -0.2) is 55.1 Å². The molecule has 1 saturated heterocycles. The molecule has 2 aliphatic rings. The average molecular weight is 427 g/mol. The van der Waals surface area contributed by atoms with E-state index in [1.165, 1.54) is 13.3 Å². The topological polar surface area (TPSA) is 114 Å². The Morgan fingerprint density at radius 3 is 2.90 bits per heavy atom. The summed E-state index contributed by atoms with van der Waals surface area (Å²) in [4.78, 5) is 37.7. The number of anilines is 1. The van der Waals surface area contributed by atoms with Crippen LogP contribution in [0.1, 0.15) is 44.9 Å². The molecule has 2 heterocycles. The van der Waals surface area contributed by atoms with Gasteiger partial charge in [-0.2, -0.15) is 5.10 Å². The first kappa shape index (κ1) is 21.4. The first-order chi connectivity index (χ1) is 13.9. The number of aromatic amines is 1.